The summed E-state index contributed by atoms with van der Waals surface area (Å²) in [5, 5.41) is 8.76. The van der Waals surface area contributed by atoms with Gasteiger partial charge in [-0.2, -0.15) is 0 Å². The fourth-order valence-electron chi connectivity index (χ4n) is 2.11. The number of rotatable bonds is 4. The molecule has 1 aliphatic heterocycles. The summed E-state index contributed by atoms with van der Waals surface area (Å²) in [6.07, 6.45) is 5.68. The first-order chi connectivity index (χ1) is 7.29. The first kappa shape index (κ1) is 10.6. The highest BCUT2D eigenvalue weighted by Crippen LogP contribution is 2.19. The molecule has 0 bridgehead atoms. The summed E-state index contributed by atoms with van der Waals surface area (Å²) in [6.45, 7) is 1.30. The van der Waals surface area contributed by atoms with Crippen molar-refractivity contribution < 1.29 is 9.52 Å². The van der Waals surface area contributed by atoms with Gasteiger partial charge in [0.2, 0.25) is 0 Å². The Morgan fingerprint density at radius 1 is 1.67 bits per heavy atom. The van der Waals surface area contributed by atoms with Gasteiger partial charge in [0.15, 0.2) is 5.89 Å². The SMILES string of the molecule is CN1CCCC1Cc1ncc(CCO)o1. The second-order valence-corrected chi connectivity index (χ2v) is 4.17. The molecule has 0 saturated carbocycles. The molecule has 1 aliphatic rings. The normalized spacial score (nSPS) is 22.4. The van der Waals surface area contributed by atoms with E-state index >= 15 is 0 Å². The lowest BCUT2D eigenvalue weighted by molar-refractivity contribution is 0.274. The number of hydrogen-bond acceptors (Lipinski definition) is 4. The minimum Gasteiger partial charge on any atom is -0.446 e. The van der Waals surface area contributed by atoms with E-state index in [-0.39, 0.29) is 6.61 Å². The van der Waals surface area contributed by atoms with Crippen molar-refractivity contribution in [3.63, 3.8) is 0 Å². The van der Waals surface area contributed by atoms with Crippen LogP contribution in [0.4, 0.5) is 0 Å². The van der Waals surface area contributed by atoms with Gasteiger partial charge in [-0.3, -0.25) is 0 Å². The molecule has 1 saturated heterocycles. The Bertz CT molecular complexity index is 311. The largest absolute Gasteiger partial charge is 0.446 e. The van der Waals surface area contributed by atoms with Crippen LogP contribution in [0.15, 0.2) is 10.6 Å². The molecule has 0 radical (unpaired) electrons. The van der Waals surface area contributed by atoms with Crippen molar-refractivity contribution in [3.05, 3.63) is 17.8 Å². The molecular formula is C11H18N2O2. The third-order valence-corrected chi connectivity index (χ3v) is 3.04. The van der Waals surface area contributed by atoms with Crippen LogP contribution < -0.4 is 0 Å². The molecule has 2 heterocycles. The van der Waals surface area contributed by atoms with Crippen LogP contribution in [0.3, 0.4) is 0 Å². The zero-order chi connectivity index (χ0) is 10.7. The molecule has 1 fully saturated rings. The van der Waals surface area contributed by atoms with Crippen molar-refractivity contribution in [1.82, 2.24) is 9.88 Å². The summed E-state index contributed by atoms with van der Waals surface area (Å²) < 4.78 is 5.54. The van der Waals surface area contributed by atoms with Crippen molar-refractivity contribution in [2.24, 2.45) is 0 Å². The second kappa shape index (κ2) is 4.77. The van der Waals surface area contributed by atoms with E-state index in [4.69, 9.17) is 9.52 Å². The zero-order valence-corrected chi connectivity index (χ0v) is 9.15. The van der Waals surface area contributed by atoms with Gasteiger partial charge in [0.25, 0.3) is 0 Å². The van der Waals surface area contributed by atoms with Gasteiger partial charge in [0.1, 0.15) is 5.76 Å². The number of likely N-dealkylation sites (N-methyl/N-ethyl adjacent to an activating group) is 1. The number of aromatic nitrogens is 1. The molecule has 2 rings (SSSR count). The highest BCUT2D eigenvalue weighted by Gasteiger charge is 2.22. The highest BCUT2D eigenvalue weighted by molar-refractivity contribution is 4.97. The number of aliphatic hydroxyl groups excluding tert-OH is 1. The minimum atomic E-state index is 0.123. The van der Waals surface area contributed by atoms with Gasteiger partial charge in [0.05, 0.1) is 12.8 Å². The molecule has 0 amide bonds. The summed E-state index contributed by atoms with van der Waals surface area (Å²) in [7, 11) is 2.15. The number of oxazole rings is 1. The lowest BCUT2D eigenvalue weighted by Crippen LogP contribution is -2.26. The predicted molar refractivity (Wildman–Crippen MR) is 56.6 cm³/mol. The average Bonchev–Trinajstić information content (AvgIpc) is 2.79. The third kappa shape index (κ3) is 2.58. The van der Waals surface area contributed by atoms with Crippen molar-refractivity contribution >= 4 is 0 Å². The molecule has 0 spiro atoms. The van der Waals surface area contributed by atoms with Gasteiger partial charge in [0, 0.05) is 18.9 Å². The lowest BCUT2D eigenvalue weighted by Gasteiger charge is -2.17. The van der Waals surface area contributed by atoms with Gasteiger partial charge in [-0.05, 0) is 26.4 Å². The van der Waals surface area contributed by atoms with Crippen molar-refractivity contribution in [2.75, 3.05) is 20.2 Å². The molecule has 84 valence electrons. The van der Waals surface area contributed by atoms with E-state index in [1.54, 1.807) is 6.20 Å². The summed E-state index contributed by atoms with van der Waals surface area (Å²) in [5.74, 6) is 1.59. The molecule has 15 heavy (non-hydrogen) atoms. The number of nitrogens with zero attached hydrogens (tertiary/aromatic N) is 2. The molecule has 1 N–H and O–H groups in total. The maximum absolute atomic E-state index is 8.76. The molecule has 1 atom stereocenters. The van der Waals surface area contributed by atoms with Crippen LogP contribution >= 0.6 is 0 Å². The fourth-order valence-corrected chi connectivity index (χ4v) is 2.11. The van der Waals surface area contributed by atoms with Gasteiger partial charge >= 0.3 is 0 Å². The molecular weight excluding hydrogens is 192 g/mol. The quantitative estimate of drug-likeness (QED) is 0.800. The Hall–Kier alpha value is -0.870. The Balaban J connectivity index is 1.92. The van der Waals surface area contributed by atoms with E-state index in [1.165, 1.54) is 19.4 Å². The maximum atomic E-state index is 8.76. The highest BCUT2D eigenvalue weighted by atomic mass is 16.4. The van der Waals surface area contributed by atoms with Gasteiger partial charge in [-0.1, -0.05) is 0 Å². The molecule has 0 aliphatic carbocycles. The first-order valence-corrected chi connectivity index (χ1v) is 5.54. The van der Waals surface area contributed by atoms with E-state index in [0.29, 0.717) is 12.5 Å². The molecule has 0 aromatic carbocycles. The van der Waals surface area contributed by atoms with Crippen molar-refractivity contribution in [2.45, 2.75) is 31.7 Å². The number of aliphatic hydroxyl groups is 1. The lowest BCUT2D eigenvalue weighted by atomic mass is 10.1. The monoisotopic (exact) mass is 210 g/mol. The van der Waals surface area contributed by atoms with Crippen LogP contribution in [0.5, 0.6) is 0 Å². The Kier molecular flexibility index (Phi) is 3.38. The van der Waals surface area contributed by atoms with E-state index in [9.17, 15) is 0 Å². The minimum absolute atomic E-state index is 0.123. The van der Waals surface area contributed by atoms with Gasteiger partial charge in [-0.15, -0.1) is 0 Å². The van der Waals surface area contributed by atoms with Crippen LogP contribution in [0.1, 0.15) is 24.5 Å². The standard InChI is InChI=1S/C11H18N2O2/c1-13-5-2-3-9(13)7-11-12-8-10(15-11)4-6-14/h8-9,14H,2-7H2,1H3. The van der Waals surface area contributed by atoms with Gasteiger partial charge in [-0.25, -0.2) is 4.98 Å². The topological polar surface area (TPSA) is 49.5 Å². The van der Waals surface area contributed by atoms with Gasteiger partial charge < -0.3 is 14.4 Å². The molecule has 1 aromatic heterocycles. The summed E-state index contributed by atoms with van der Waals surface area (Å²) in [5.41, 5.74) is 0. The fraction of sp³-hybridized carbons (Fsp3) is 0.727. The smallest absolute Gasteiger partial charge is 0.195 e. The Morgan fingerprint density at radius 3 is 3.20 bits per heavy atom. The predicted octanol–water partition coefficient (Wildman–Crippen LogP) is 0.846. The van der Waals surface area contributed by atoms with E-state index < -0.39 is 0 Å². The third-order valence-electron chi connectivity index (χ3n) is 3.04. The number of hydrogen-bond donors (Lipinski definition) is 1. The Labute approximate surface area is 89.9 Å². The second-order valence-electron chi connectivity index (χ2n) is 4.17. The molecule has 1 unspecified atom stereocenters. The van der Waals surface area contributed by atoms with Crippen LogP contribution in [-0.4, -0.2) is 41.2 Å². The van der Waals surface area contributed by atoms with Crippen molar-refractivity contribution in [1.29, 1.82) is 0 Å². The van der Waals surface area contributed by atoms with Crippen LogP contribution in [0.2, 0.25) is 0 Å². The van der Waals surface area contributed by atoms with Crippen LogP contribution in [-0.2, 0) is 12.8 Å². The van der Waals surface area contributed by atoms with E-state index in [2.05, 4.69) is 16.9 Å². The first-order valence-electron chi connectivity index (χ1n) is 5.54. The molecule has 1 aromatic rings. The molecule has 4 heteroatoms. The molecule has 4 nitrogen and oxygen atoms in total. The number of likely N-dealkylation sites (tertiary alicyclic amines) is 1. The Morgan fingerprint density at radius 2 is 2.53 bits per heavy atom. The summed E-state index contributed by atoms with van der Waals surface area (Å²) in [4.78, 5) is 6.59. The van der Waals surface area contributed by atoms with Crippen LogP contribution in [0.25, 0.3) is 0 Å². The van der Waals surface area contributed by atoms with E-state index in [1.807, 2.05) is 0 Å². The van der Waals surface area contributed by atoms with Crippen LogP contribution in [0, 0.1) is 0 Å². The van der Waals surface area contributed by atoms with Crippen molar-refractivity contribution in [3.8, 4) is 0 Å². The maximum Gasteiger partial charge on any atom is 0.195 e. The summed E-state index contributed by atoms with van der Waals surface area (Å²) >= 11 is 0. The van der Waals surface area contributed by atoms with E-state index in [0.717, 1.165) is 18.1 Å². The zero-order valence-electron chi connectivity index (χ0n) is 9.15. The summed E-state index contributed by atoms with van der Waals surface area (Å²) in [6, 6.07) is 0.575. The average molecular weight is 210 g/mol.